The summed E-state index contributed by atoms with van der Waals surface area (Å²) in [4.78, 5) is 61.5. The first-order valence-corrected chi connectivity index (χ1v) is 29.6. The maximum Gasteiger partial charge on any atom is 0.320 e. The average Bonchev–Trinajstić information content (AvgIpc) is 1.78. The van der Waals surface area contributed by atoms with Gasteiger partial charge in [-0.15, -0.1) is 0 Å². The van der Waals surface area contributed by atoms with Crippen molar-refractivity contribution in [1.82, 2.24) is 20.4 Å². The molecule has 4 aromatic carbocycles. The van der Waals surface area contributed by atoms with Crippen molar-refractivity contribution in [3.63, 3.8) is 0 Å². The van der Waals surface area contributed by atoms with E-state index in [0.717, 1.165) is 45.4 Å². The van der Waals surface area contributed by atoms with E-state index in [1.54, 1.807) is 125 Å². The first-order valence-electron chi connectivity index (χ1n) is 28.4. The second-order valence-corrected chi connectivity index (χ2v) is 23.7. The highest BCUT2D eigenvalue weighted by Crippen LogP contribution is 2.48. The van der Waals surface area contributed by atoms with Crippen molar-refractivity contribution in [1.29, 1.82) is 0 Å². The summed E-state index contributed by atoms with van der Waals surface area (Å²) in [6.45, 7) is 8.62. The van der Waals surface area contributed by atoms with Crippen LogP contribution in [0, 0.1) is 51.0 Å². The predicted molar refractivity (Wildman–Crippen MR) is 335 cm³/mol. The molecule has 12 nitrogen and oxygen atoms in total. The third-order valence-corrected chi connectivity index (χ3v) is 17.9. The SMILES string of the molecule is COC(=O)[C@]1(c2cccc(F)c2C)C=C(C)CC1.COC(=O)[C@]1(c2cccc(F)c2C)C=C(c2cncc(Cl)c2)CC1.Cc1c(F)cccc1[C@@]1(C(=O)NO)C=C(c2cncc(Cl)c2)CC1.Cc1c(F)cccc1[C@@]1(C(=O)O)C=C(c2cncc(Cl)c2)CC1. The summed E-state index contributed by atoms with van der Waals surface area (Å²) >= 11 is 18.0. The third-order valence-electron chi connectivity index (χ3n) is 17.2. The van der Waals surface area contributed by atoms with E-state index in [2.05, 4.69) is 15.0 Å². The number of hydrogen-bond donors (Lipinski definition) is 3. The zero-order chi connectivity index (χ0) is 64.6. The number of carbonyl (C=O) groups is 4. The number of pyridine rings is 3. The molecule has 3 aromatic heterocycles. The number of aliphatic carboxylic acids is 1. The van der Waals surface area contributed by atoms with Gasteiger partial charge in [-0.05, 0) is 206 Å². The first-order chi connectivity index (χ1) is 42.4. The van der Waals surface area contributed by atoms with Crippen molar-refractivity contribution in [3.05, 3.63) is 258 Å². The molecule has 4 aliphatic carbocycles. The molecule has 7 aromatic rings. The second-order valence-electron chi connectivity index (χ2n) is 22.4. The molecule has 11 rings (SSSR count). The van der Waals surface area contributed by atoms with E-state index in [0.29, 0.717) is 105 Å². The Kier molecular flexibility index (Phi) is 21.0. The number of ether oxygens (including phenoxy) is 2. The van der Waals surface area contributed by atoms with Gasteiger partial charge in [0.1, 0.15) is 39.5 Å². The Balaban J connectivity index is 0.000000154. The molecule has 0 unspecified atom stereocenters. The van der Waals surface area contributed by atoms with Crippen LogP contribution in [0.2, 0.25) is 15.1 Å². The van der Waals surface area contributed by atoms with Gasteiger partial charge in [0, 0.05) is 37.2 Å². The number of rotatable bonds is 11. The van der Waals surface area contributed by atoms with E-state index in [4.69, 9.17) is 44.3 Å². The van der Waals surface area contributed by atoms with Gasteiger partial charge in [0.2, 0.25) is 0 Å². The molecule has 462 valence electrons. The van der Waals surface area contributed by atoms with E-state index < -0.39 is 39.4 Å². The van der Waals surface area contributed by atoms with Crippen LogP contribution < -0.4 is 5.48 Å². The fourth-order valence-electron chi connectivity index (χ4n) is 12.5. The molecule has 3 heterocycles. The van der Waals surface area contributed by atoms with Crippen LogP contribution in [0.25, 0.3) is 16.7 Å². The number of hydrogen-bond acceptors (Lipinski definition) is 10. The molecule has 89 heavy (non-hydrogen) atoms. The second kappa shape index (κ2) is 28.0. The van der Waals surface area contributed by atoms with Crippen molar-refractivity contribution in [2.75, 3.05) is 14.2 Å². The van der Waals surface area contributed by atoms with Gasteiger partial charge < -0.3 is 14.6 Å². The summed E-state index contributed by atoms with van der Waals surface area (Å²) in [7, 11) is 2.73. The minimum atomic E-state index is -1.22. The summed E-state index contributed by atoms with van der Waals surface area (Å²) in [5.74, 6) is -3.65. The van der Waals surface area contributed by atoms with Crippen LogP contribution in [0.15, 0.2) is 158 Å². The normalized spacial score (nSPS) is 20.6. The summed E-state index contributed by atoms with van der Waals surface area (Å²) in [6, 6.07) is 24.2. The Labute approximate surface area is 529 Å². The molecular formula is C70H65Cl3F4N4O8. The van der Waals surface area contributed by atoms with Gasteiger partial charge in [-0.3, -0.25) is 39.3 Å². The monoisotopic (exact) mass is 1270 g/mol. The Morgan fingerprint density at radius 2 is 0.764 bits per heavy atom. The summed E-state index contributed by atoms with van der Waals surface area (Å²) in [5, 5.41) is 20.6. The Morgan fingerprint density at radius 1 is 0.461 bits per heavy atom. The molecule has 0 bridgehead atoms. The highest BCUT2D eigenvalue weighted by molar-refractivity contribution is 6.31. The molecule has 0 aliphatic heterocycles. The van der Waals surface area contributed by atoms with Gasteiger partial charge >= 0.3 is 17.9 Å². The predicted octanol–water partition coefficient (Wildman–Crippen LogP) is 15.9. The number of hydroxylamine groups is 1. The molecule has 0 saturated carbocycles. The summed E-state index contributed by atoms with van der Waals surface area (Å²) in [5.41, 5.74) is 8.04. The molecule has 1 amide bonds. The van der Waals surface area contributed by atoms with Crippen LogP contribution in [0.5, 0.6) is 0 Å². The number of carboxylic acids is 1. The van der Waals surface area contributed by atoms with Crippen molar-refractivity contribution in [2.24, 2.45) is 0 Å². The quantitative estimate of drug-likeness (QED) is 0.0369. The zero-order valence-electron chi connectivity index (χ0n) is 49.9. The largest absolute Gasteiger partial charge is 0.480 e. The fourth-order valence-corrected chi connectivity index (χ4v) is 13.1. The highest BCUT2D eigenvalue weighted by atomic mass is 35.5. The lowest BCUT2D eigenvalue weighted by atomic mass is 9.77. The molecule has 0 saturated heterocycles. The molecule has 19 heteroatoms. The number of allylic oxidation sites excluding steroid dienone is 4. The number of carbonyl (C=O) groups excluding carboxylic acids is 3. The maximum absolute atomic E-state index is 14.0. The maximum atomic E-state index is 14.0. The molecule has 3 N–H and O–H groups in total. The number of carboxylic acid groups (broad SMARTS) is 1. The first kappa shape index (κ1) is 66.7. The van der Waals surface area contributed by atoms with Crippen molar-refractivity contribution < 1.29 is 56.5 Å². The lowest BCUT2D eigenvalue weighted by Gasteiger charge is -2.27. The van der Waals surface area contributed by atoms with Gasteiger partial charge in [-0.2, -0.15) is 0 Å². The minimum Gasteiger partial charge on any atom is -0.480 e. The van der Waals surface area contributed by atoms with E-state index in [1.807, 2.05) is 31.2 Å². The topological polar surface area (TPSA) is 178 Å². The number of methoxy groups -OCH3 is 2. The minimum absolute atomic E-state index is 0.284. The van der Waals surface area contributed by atoms with E-state index in [-0.39, 0.29) is 29.4 Å². The molecule has 0 fully saturated rings. The number of benzene rings is 4. The van der Waals surface area contributed by atoms with E-state index in [1.165, 1.54) is 50.9 Å². The van der Waals surface area contributed by atoms with E-state index in [9.17, 15) is 47.1 Å². The van der Waals surface area contributed by atoms with Crippen LogP contribution in [-0.4, -0.2) is 63.3 Å². The summed E-state index contributed by atoms with van der Waals surface area (Å²) in [6.07, 6.45) is 21.6. The lowest BCUT2D eigenvalue weighted by molar-refractivity contribution is -0.146. The molecule has 0 spiro atoms. The zero-order valence-corrected chi connectivity index (χ0v) is 52.2. The molecule has 4 atom stereocenters. The van der Waals surface area contributed by atoms with Gasteiger partial charge in [0.05, 0.1) is 34.7 Å². The van der Waals surface area contributed by atoms with Crippen LogP contribution >= 0.6 is 34.8 Å². The van der Waals surface area contributed by atoms with Crippen LogP contribution in [-0.2, 0) is 50.3 Å². The standard InChI is InChI=1S/C19H17ClFNO2.C18H16ClFN2O2.C18H15ClFNO2.C15H17FO2/c1-12-16(4-3-5-17(12)21)19(18(23)24-2)7-6-13(9-19)14-8-15(20)11-22-10-14;1-11-15(3-2-4-16(11)20)18(17(23)22-24)6-5-12(8-18)13-7-14(19)10-21-9-13;1-11-15(3-2-4-16(11)20)18(17(22)23)6-5-12(8-18)13-7-14(19)10-21-9-13;1-10-7-8-15(9-10,14(17)18-3)12-5-4-6-13(16)11(12)2/h3-5,8-11H,6-7H2,1-2H3;2-4,7-10,24H,5-6H2,1H3,(H,22,23);2-4,7-10H,5-6H2,1H3,(H,22,23);4-6,9H,7-8H2,1-3H3/t19-;2*18-;15-/m0000/s1. The Bertz CT molecular complexity index is 3890. The van der Waals surface area contributed by atoms with E-state index >= 15 is 0 Å². The number of nitrogens with zero attached hydrogens (tertiary/aromatic N) is 3. The van der Waals surface area contributed by atoms with Crippen LogP contribution in [0.1, 0.15) is 119 Å². The van der Waals surface area contributed by atoms with Gasteiger partial charge in [-0.1, -0.05) is 113 Å². The third kappa shape index (κ3) is 13.7. The number of halogens is 7. The fraction of sp³-hybridized carbons (Fsp3) is 0.271. The number of esters is 2. The molecular weight excluding hydrogens is 1210 g/mol. The van der Waals surface area contributed by atoms with Crippen molar-refractivity contribution in [3.8, 4) is 0 Å². The Morgan fingerprint density at radius 3 is 1.09 bits per heavy atom. The van der Waals surface area contributed by atoms with Crippen LogP contribution in [0.4, 0.5) is 17.6 Å². The lowest BCUT2D eigenvalue weighted by Crippen LogP contribution is -2.41. The van der Waals surface area contributed by atoms with Crippen molar-refractivity contribution in [2.45, 2.75) is 108 Å². The highest BCUT2D eigenvalue weighted by Gasteiger charge is 2.47. The number of aromatic nitrogens is 3. The number of amides is 1. The Hall–Kier alpha value is -8.28. The van der Waals surface area contributed by atoms with Gasteiger partial charge in [0.25, 0.3) is 5.91 Å². The van der Waals surface area contributed by atoms with Crippen molar-refractivity contribution >= 4 is 75.3 Å². The average molecular weight is 1270 g/mol. The summed E-state index contributed by atoms with van der Waals surface area (Å²) < 4.78 is 65.6. The molecule has 0 radical (unpaired) electrons. The van der Waals surface area contributed by atoms with Gasteiger partial charge in [-0.25, -0.2) is 23.0 Å². The van der Waals surface area contributed by atoms with Gasteiger partial charge in [0.15, 0.2) is 0 Å². The smallest absolute Gasteiger partial charge is 0.320 e. The van der Waals surface area contributed by atoms with Crippen LogP contribution in [0.3, 0.4) is 0 Å². The molecule has 4 aliphatic rings. The number of nitrogens with one attached hydrogen (secondary N) is 1.